The van der Waals surface area contributed by atoms with Gasteiger partial charge in [-0.05, 0) is 65.8 Å². The van der Waals surface area contributed by atoms with E-state index >= 15 is 0 Å². The van der Waals surface area contributed by atoms with Gasteiger partial charge < -0.3 is 10.1 Å². The molecule has 1 rings (SSSR count). The van der Waals surface area contributed by atoms with Gasteiger partial charge in [0.05, 0.1) is 10.7 Å². The molecule has 0 saturated carbocycles. The predicted octanol–water partition coefficient (Wildman–Crippen LogP) is 4.23. The highest BCUT2D eigenvalue weighted by Crippen LogP contribution is 2.25. The van der Waals surface area contributed by atoms with Crippen LogP contribution in [-0.4, -0.2) is 24.3 Å². The molecule has 1 amide bonds. The Morgan fingerprint density at radius 2 is 1.86 bits per heavy atom. The molecule has 0 fully saturated rings. The van der Waals surface area contributed by atoms with Gasteiger partial charge in [-0.2, -0.15) is 0 Å². The molecule has 0 aromatic heterocycles. The van der Waals surface area contributed by atoms with E-state index in [9.17, 15) is 4.79 Å². The second-order valence-corrected chi connectivity index (χ2v) is 7.16. The molecule has 0 aliphatic heterocycles. The highest BCUT2D eigenvalue weighted by atomic mass is 35.5. The molecule has 1 aromatic carbocycles. The van der Waals surface area contributed by atoms with E-state index in [4.69, 9.17) is 16.3 Å². The minimum atomic E-state index is -0.534. The van der Waals surface area contributed by atoms with Gasteiger partial charge in [-0.15, -0.1) is 0 Å². The summed E-state index contributed by atoms with van der Waals surface area (Å²) in [5, 5.41) is 6.42. The number of benzene rings is 1. The number of nitrogens with one attached hydrogen (secondary N) is 2. The summed E-state index contributed by atoms with van der Waals surface area (Å²) >= 11 is 6.23. The summed E-state index contributed by atoms with van der Waals surface area (Å²) in [7, 11) is 1.93. The van der Waals surface area contributed by atoms with Crippen LogP contribution in [0.2, 0.25) is 5.02 Å². The number of ether oxygens (including phenoxy) is 1. The van der Waals surface area contributed by atoms with Crippen LogP contribution in [0.3, 0.4) is 0 Å². The Bertz CT molecular complexity index is 507. The molecule has 0 atom stereocenters. The van der Waals surface area contributed by atoms with E-state index in [0.717, 1.165) is 12.0 Å². The third kappa shape index (κ3) is 6.36. The average Bonchev–Trinajstić information content (AvgIpc) is 2.30. The number of carbonyl (C=O) groups is 1. The zero-order valence-electron chi connectivity index (χ0n) is 13.6. The molecule has 1 aromatic rings. The van der Waals surface area contributed by atoms with E-state index in [1.54, 1.807) is 6.07 Å². The lowest BCUT2D eigenvalue weighted by molar-refractivity contribution is 0.0636. The first kappa shape index (κ1) is 17.8. The molecule has 0 spiro atoms. The maximum Gasteiger partial charge on any atom is 0.412 e. The van der Waals surface area contributed by atoms with Crippen LogP contribution in [0.25, 0.3) is 0 Å². The highest BCUT2D eigenvalue weighted by Gasteiger charge is 2.18. The normalized spacial score (nSPS) is 12.1. The molecule has 0 bridgehead atoms. The Hall–Kier alpha value is -1.26. The van der Waals surface area contributed by atoms with Crippen LogP contribution in [-0.2, 0) is 11.2 Å². The zero-order chi connectivity index (χ0) is 16.3. The number of rotatable bonds is 4. The number of anilines is 1. The minimum Gasteiger partial charge on any atom is -0.444 e. The Morgan fingerprint density at radius 3 is 2.33 bits per heavy atom. The molecule has 21 heavy (non-hydrogen) atoms. The fourth-order valence-electron chi connectivity index (χ4n) is 1.78. The maximum absolute atomic E-state index is 11.7. The third-order valence-electron chi connectivity index (χ3n) is 2.99. The van der Waals surface area contributed by atoms with Crippen LogP contribution in [0.5, 0.6) is 0 Å². The maximum atomic E-state index is 11.7. The van der Waals surface area contributed by atoms with Gasteiger partial charge in [0.2, 0.25) is 0 Å². The van der Waals surface area contributed by atoms with E-state index < -0.39 is 11.7 Å². The molecular weight excluding hydrogens is 288 g/mol. The van der Waals surface area contributed by atoms with Crippen molar-refractivity contribution in [2.45, 2.75) is 52.2 Å². The van der Waals surface area contributed by atoms with E-state index in [-0.39, 0.29) is 5.54 Å². The summed E-state index contributed by atoms with van der Waals surface area (Å²) in [6.07, 6.45) is 0.336. The first-order valence-corrected chi connectivity index (χ1v) is 7.37. The van der Waals surface area contributed by atoms with Crippen LogP contribution in [0, 0.1) is 0 Å². The molecule has 5 heteroatoms. The molecule has 2 N–H and O–H groups in total. The van der Waals surface area contributed by atoms with Gasteiger partial charge in [-0.25, -0.2) is 4.79 Å². The van der Waals surface area contributed by atoms with E-state index in [0.29, 0.717) is 10.7 Å². The van der Waals surface area contributed by atoms with Gasteiger partial charge >= 0.3 is 6.09 Å². The van der Waals surface area contributed by atoms with E-state index in [2.05, 4.69) is 24.5 Å². The van der Waals surface area contributed by atoms with Gasteiger partial charge in [0, 0.05) is 5.54 Å². The van der Waals surface area contributed by atoms with Crippen molar-refractivity contribution in [3.8, 4) is 0 Å². The fraction of sp³-hybridized carbons (Fsp3) is 0.562. The quantitative estimate of drug-likeness (QED) is 0.875. The Kier molecular flexibility index (Phi) is 5.65. The lowest BCUT2D eigenvalue weighted by Crippen LogP contribution is -2.38. The summed E-state index contributed by atoms with van der Waals surface area (Å²) < 4.78 is 5.21. The largest absolute Gasteiger partial charge is 0.444 e. The molecule has 4 nitrogen and oxygen atoms in total. The van der Waals surface area contributed by atoms with Gasteiger partial charge in [0.15, 0.2) is 0 Å². The lowest BCUT2D eigenvalue weighted by atomic mass is 9.95. The smallest absolute Gasteiger partial charge is 0.412 e. The Balaban J connectivity index is 2.77. The molecule has 0 heterocycles. The molecule has 118 valence electrons. The topological polar surface area (TPSA) is 50.4 Å². The van der Waals surface area contributed by atoms with Crippen molar-refractivity contribution >= 4 is 23.4 Å². The summed E-state index contributed by atoms with van der Waals surface area (Å²) in [4.78, 5) is 11.7. The summed E-state index contributed by atoms with van der Waals surface area (Å²) in [6.45, 7) is 9.69. The van der Waals surface area contributed by atoms with Crippen molar-refractivity contribution in [1.29, 1.82) is 0 Å². The summed E-state index contributed by atoms with van der Waals surface area (Å²) in [6, 6.07) is 5.62. The van der Waals surface area contributed by atoms with Crippen molar-refractivity contribution < 1.29 is 9.53 Å². The first-order chi connectivity index (χ1) is 9.52. The number of halogens is 1. The zero-order valence-corrected chi connectivity index (χ0v) is 14.4. The Morgan fingerprint density at radius 1 is 1.24 bits per heavy atom. The molecule has 0 unspecified atom stereocenters. The van der Waals surface area contributed by atoms with Crippen molar-refractivity contribution in [2.24, 2.45) is 0 Å². The number of likely N-dealkylation sites (N-methyl/N-ethyl adjacent to an activating group) is 1. The van der Waals surface area contributed by atoms with E-state index in [1.807, 2.05) is 40.0 Å². The first-order valence-electron chi connectivity index (χ1n) is 7.00. The molecule has 0 aliphatic carbocycles. The average molecular weight is 313 g/mol. The molecular formula is C16H25ClN2O2. The predicted molar refractivity (Wildman–Crippen MR) is 88.2 cm³/mol. The standard InChI is InChI=1S/C16H25ClN2O2/c1-15(2,3)21-14(20)19-13-8-7-11(9-12(13)17)10-16(4,5)18-6/h7-9,18H,10H2,1-6H3,(H,19,20). The van der Waals surface area contributed by atoms with Gasteiger partial charge in [-0.1, -0.05) is 17.7 Å². The number of carbonyl (C=O) groups excluding carboxylic acids is 1. The van der Waals surface area contributed by atoms with Crippen LogP contribution in [0.15, 0.2) is 18.2 Å². The highest BCUT2D eigenvalue weighted by molar-refractivity contribution is 6.33. The summed E-state index contributed by atoms with van der Waals surface area (Å²) in [5.41, 5.74) is 1.11. The van der Waals surface area contributed by atoms with Crippen molar-refractivity contribution in [1.82, 2.24) is 5.32 Å². The van der Waals surface area contributed by atoms with Crippen LogP contribution >= 0.6 is 11.6 Å². The van der Waals surface area contributed by atoms with Crippen molar-refractivity contribution in [2.75, 3.05) is 12.4 Å². The molecule has 0 saturated heterocycles. The van der Waals surface area contributed by atoms with Gasteiger partial charge in [0.25, 0.3) is 0 Å². The Labute approximate surface area is 132 Å². The molecule has 0 aliphatic rings. The third-order valence-corrected chi connectivity index (χ3v) is 3.30. The number of amides is 1. The van der Waals surface area contributed by atoms with Crippen LogP contribution in [0.4, 0.5) is 10.5 Å². The van der Waals surface area contributed by atoms with Gasteiger partial charge in [-0.3, -0.25) is 5.32 Å². The lowest BCUT2D eigenvalue weighted by Gasteiger charge is -2.24. The summed E-state index contributed by atoms with van der Waals surface area (Å²) in [5.74, 6) is 0. The van der Waals surface area contributed by atoms with E-state index in [1.165, 1.54) is 0 Å². The van der Waals surface area contributed by atoms with Crippen molar-refractivity contribution in [3.63, 3.8) is 0 Å². The van der Waals surface area contributed by atoms with Crippen LogP contribution in [0.1, 0.15) is 40.2 Å². The fourth-order valence-corrected chi connectivity index (χ4v) is 2.03. The SMILES string of the molecule is CNC(C)(C)Cc1ccc(NC(=O)OC(C)(C)C)c(Cl)c1. The second-order valence-electron chi connectivity index (χ2n) is 6.75. The molecule has 0 radical (unpaired) electrons. The number of hydrogen-bond donors (Lipinski definition) is 2. The monoisotopic (exact) mass is 312 g/mol. The van der Waals surface area contributed by atoms with Crippen molar-refractivity contribution in [3.05, 3.63) is 28.8 Å². The number of hydrogen-bond acceptors (Lipinski definition) is 3. The minimum absolute atomic E-state index is 0.0105. The van der Waals surface area contributed by atoms with Crippen LogP contribution < -0.4 is 10.6 Å². The second kappa shape index (κ2) is 6.67. The van der Waals surface area contributed by atoms with Gasteiger partial charge in [0.1, 0.15) is 5.60 Å².